The SMILES string of the molecule is CCOC(=O)c1ccc(C)c(CC2CCN2C(=O)OC(C)(C)C)c1. The van der Waals surface area contributed by atoms with Gasteiger partial charge in [-0.25, -0.2) is 9.59 Å². The maximum Gasteiger partial charge on any atom is 0.410 e. The second-order valence-corrected chi connectivity index (χ2v) is 7.18. The van der Waals surface area contributed by atoms with Crippen molar-refractivity contribution >= 4 is 12.1 Å². The Morgan fingerprint density at radius 3 is 2.54 bits per heavy atom. The molecule has 1 fully saturated rings. The zero-order valence-electron chi connectivity index (χ0n) is 15.2. The summed E-state index contributed by atoms with van der Waals surface area (Å²) in [5.74, 6) is -0.309. The lowest BCUT2D eigenvalue weighted by Crippen LogP contribution is -2.53. The van der Waals surface area contributed by atoms with Crippen LogP contribution in [0.1, 0.15) is 55.6 Å². The van der Waals surface area contributed by atoms with Crippen molar-refractivity contribution in [2.45, 2.75) is 59.1 Å². The average molecular weight is 333 g/mol. The molecule has 24 heavy (non-hydrogen) atoms. The Balaban J connectivity index is 2.06. The quantitative estimate of drug-likeness (QED) is 0.788. The number of carbonyl (C=O) groups is 2. The third-order valence-electron chi connectivity index (χ3n) is 4.09. The fourth-order valence-electron chi connectivity index (χ4n) is 2.70. The van der Waals surface area contributed by atoms with E-state index in [1.807, 2.05) is 39.8 Å². The van der Waals surface area contributed by atoms with Gasteiger partial charge in [0.25, 0.3) is 0 Å². The summed E-state index contributed by atoms with van der Waals surface area (Å²) in [6.07, 6.45) is 1.40. The van der Waals surface area contributed by atoms with E-state index in [-0.39, 0.29) is 18.1 Å². The van der Waals surface area contributed by atoms with Gasteiger partial charge in [0.15, 0.2) is 0 Å². The largest absolute Gasteiger partial charge is 0.462 e. The van der Waals surface area contributed by atoms with Gasteiger partial charge in [-0.15, -0.1) is 0 Å². The second-order valence-electron chi connectivity index (χ2n) is 7.18. The molecule has 0 saturated carbocycles. The van der Waals surface area contributed by atoms with Crippen molar-refractivity contribution in [2.24, 2.45) is 0 Å². The highest BCUT2D eigenvalue weighted by Crippen LogP contribution is 2.26. The van der Waals surface area contributed by atoms with Gasteiger partial charge >= 0.3 is 12.1 Å². The molecular weight excluding hydrogens is 306 g/mol. The van der Waals surface area contributed by atoms with Gasteiger partial charge in [-0.1, -0.05) is 6.07 Å². The molecule has 1 aromatic rings. The van der Waals surface area contributed by atoms with Crippen LogP contribution in [0.2, 0.25) is 0 Å². The number of hydrogen-bond donors (Lipinski definition) is 0. The van der Waals surface area contributed by atoms with Crippen LogP contribution in [0.4, 0.5) is 4.79 Å². The summed E-state index contributed by atoms with van der Waals surface area (Å²) >= 11 is 0. The maximum absolute atomic E-state index is 12.2. The molecular formula is C19H27NO4. The minimum absolute atomic E-state index is 0.121. The Morgan fingerprint density at radius 1 is 1.29 bits per heavy atom. The summed E-state index contributed by atoms with van der Waals surface area (Å²) in [7, 11) is 0. The van der Waals surface area contributed by atoms with E-state index in [1.165, 1.54) is 0 Å². The van der Waals surface area contributed by atoms with Crippen LogP contribution in [0.25, 0.3) is 0 Å². The number of ether oxygens (including phenoxy) is 2. The van der Waals surface area contributed by atoms with Crippen molar-refractivity contribution < 1.29 is 19.1 Å². The van der Waals surface area contributed by atoms with E-state index in [4.69, 9.17) is 9.47 Å². The van der Waals surface area contributed by atoms with Gasteiger partial charge in [0.1, 0.15) is 5.60 Å². The lowest BCUT2D eigenvalue weighted by molar-refractivity contribution is -0.00504. The second kappa shape index (κ2) is 7.24. The number of amides is 1. The molecule has 1 atom stereocenters. The van der Waals surface area contributed by atoms with Crippen molar-refractivity contribution in [3.05, 3.63) is 34.9 Å². The molecule has 1 amide bonds. The summed E-state index contributed by atoms with van der Waals surface area (Å²) in [5.41, 5.74) is 2.25. The molecule has 0 spiro atoms. The van der Waals surface area contributed by atoms with Crippen LogP contribution in [0, 0.1) is 6.92 Å². The minimum Gasteiger partial charge on any atom is -0.462 e. The number of esters is 1. The maximum atomic E-state index is 12.2. The van der Waals surface area contributed by atoms with Crippen LogP contribution in [0.5, 0.6) is 0 Å². The standard InChI is InChI=1S/C19H27NO4/c1-6-23-17(21)14-8-7-13(2)15(11-14)12-16-9-10-20(16)18(22)24-19(3,4)5/h7-8,11,16H,6,9-10,12H2,1-5H3. The smallest absolute Gasteiger partial charge is 0.410 e. The molecule has 1 saturated heterocycles. The monoisotopic (exact) mass is 333 g/mol. The molecule has 0 aliphatic carbocycles. The van der Waals surface area contributed by atoms with E-state index in [9.17, 15) is 9.59 Å². The predicted octanol–water partition coefficient (Wildman–Crippen LogP) is 3.72. The molecule has 132 valence electrons. The average Bonchev–Trinajstić information content (AvgIpc) is 2.43. The van der Waals surface area contributed by atoms with E-state index in [2.05, 4.69) is 0 Å². The Bertz CT molecular complexity index is 618. The fourth-order valence-corrected chi connectivity index (χ4v) is 2.70. The molecule has 1 aromatic carbocycles. The zero-order valence-corrected chi connectivity index (χ0v) is 15.2. The molecule has 5 heteroatoms. The van der Waals surface area contributed by atoms with Gasteiger partial charge in [-0.2, -0.15) is 0 Å². The third kappa shape index (κ3) is 4.49. The zero-order chi connectivity index (χ0) is 17.9. The Labute approximate surface area is 143 Å². The summed E-state index contributed by atoms with van der Waals surface area (Å²) in [5, 5.41) is 0. The van der Waals surface area contributed by atoms with Crippen molar-refractivity contribution in [2.75, 3.05) is 13.2 Å². The highest BCUT2D eigenvalue weighted by molar-refractivity contribution is 5.89. The van der Waals surface area contributed by atoms with E-state index in [0.717, 1.165) is 30.5 Å². The number of rotatable bonds is 4. The van der Waals surface area contributed by atoms with Crippen molar-refractivity contribution in [3.8, 4) is 0 Å². The lowest BCUT2D eigenvalue weighted by Gasteiger charge is -2.41. The first-order valence-electron chi connectivity index (χ1n) is 8.47. The first kappa shape index (κ1) is 18.3. The van der Waals surface area contributed by atoms with Crippen LogP contribution in [-0.4, -0.2) is 41.8 Å². The number of likely N-dealkylation sites (tertiary alicyclic amines) is 1. The molecule has 5 nitrogen and oxygen atoms in total. The molecule has 0 radical (unpaired) electrons. The summed E-state index contributed by atoms with van der Waals surface area (Å²) in [4.78, 5) is 25.9. The molecule has 2 rings (SSSR count). The first-order chi connectivity index (χ1) is 11.2. The molecule has 1 heterocycles. The third-order valence-corrected chi connectivity index (χ3v) is 4.09. The van der Waals surface area contributed by atoms with Crippen LogP contribution in [-0.2, 0) is 15.9 Å². The molecule has 1 unspecified atom stereocenters. The first-order valence-corrected chi connectivity index (χ1v) is 8.47. The lowest BCUT2D eigenvalue weighted by atomic mass is 9.92. The van der Waals surface area contributed by atoms with Gasteiger partial charge in [0, 0.05) is 12.6 Å². The van der Waals surface area contributed by atoms with Gasteiger partial charge < -0.3 is 14.4 Å². The van der Waals surface area contributed by atoms with Crippen LogP contribution >= 0.6 is 0 Å². The highest BCUT2D eigenvalue weighted by Gasteiger charge is 2.35. The number of nitrogens with zero attached hydrogens (tertiary/aromatic N) is 1. The summed E-state index contributed by atoms with van der Waals surface area (Å²) in [6, 6.07) is 5.70. The fraction of sp³-hybridized carbons (Fsp3) is 0.579. The summed E-state index contributed by atoms with van der Waals surface area (Å²) < 4.78 is 10.5. The van der Waals surface area contributed by atoms with Crippen molar-refractivity contribution in [1.29, 1.82) is 0 Å². The number of benzene rings is 1. The number of carbonyl (C=O) groups excluding carboxylic acids is 2. The van der Waals surface area contributed by atoms with Crippen LogP contribution in [0.15, 0.2) is 18.2 Å². The van der Waals surface area contributed by atoms with E-state index < -0.39 is 5.60 Å². The Kier molecular flexibility index (Phi) is 5.52. The van der Waals surface area contributed by atoms with Gasteiger partial charge in [-0.3, -0.25) is 0 Å². The van der Waals surface area contributed by atoms with Gasteiger partial charge in [0.2, 0.25) is 0 Å². The van der Waals surface area contributed by atoms with E-state index in [0.29, 0.717) is 12.2 Å². The normalized spacial score (nSPS) is 17.2. The van der Waals surface area contributed by atoms with Gasteiger partial charge in [-0.05, 0) is 70.7 Å². The Hall–Kier alpha value is -2.04. The number of hydrogen-bond acceptors (Lipinski definition) is 4. The topological polar surface area (TPSA) is 55.8 Å². The Morgan fingerprint density at radius 2 is 2.00 bits per heavy atom. The predicted molar refractivity (Wildman–Crippen MR) is 92.2 cm³/mol. The summed E-state index contributed by atoms with van der Waals surface area (Å²) in [6.45, 7) is 10.5. The molecule has 1 aliphatic rings. The van der Waals surface area contributed by atoms with E-state index in [1.54, 1.807) is 17.9 Å². The molecule has 0 bridgehead atoms. The molecule has 1 aliphatic heterocycles. The number of aryl methyl sites for hydroxylation is 1. The molecule has 0 N–H and O–H groups in total. The van der Waals surface area contributed by atoms with Gasteiger partial charge in [0.05, 0.1) is 12.2 Å². The van der Waals surface area contributed by atoms with E-state index >= 15 is 0 Å². The highest BCUT2D eigenvalue weighted by atomic mass is 16.6. The van der Waals surface area contributed by atoms with Crippen LogP contribution in [0.3, 0.4) is 0 Å². The molecule has 0 aromatic heterocycles. The van der Waals surface area contributed by atoms with Crippen molar-refractivity contribution in [1.82, 2.24) is 4.90 Å². The van der Waals surface area contributed by atoms with Crippen LogP contribution < -0.4 is 0 Å². The minimum atomic E-state index is -0.489. The van der Waals surface area contributed by atoms with Crippen molar-refractivity contribution in [3.63, 3.8) is 0 Å².